The predicted octanol–water partition coefficient (Wildman–Crippen LogP) is 6.62. The lowest BCUT2D eigenvalue weighted by atomic mass is 9.94. The van der Waals surface area contributed by atoms with Crippen LogP contribution in [0.4, 0.5) is 0 Å². The van der Waals surface area contributed by atoms with Crippen LogP contribution in [-0.4, -0.2) is 6.54 Å². The van der Waals surface area contributed by atoms with Crippen LogP contribution in [0.3, 0.4) is 0 Å². The van der Waals surface area contributed by atoms with Crippen molar-refractivity contribution in [1.82, 2.24) is 5.32 Å². The molecule has 0 heterocycles. The van der Waals surface area contributed by atoms with Crippen LogP contribution < -0.4 is 15.4 Å². The van der Waals surface area contributed by atoms with E-state index in [1.165, 1.54) is 33.1 Å². The normalized spacial score (nSPS) is 13.5. The SMILES string of the molecule is CCNCc1cccc(C)c1PC(C)(CC)c1cc(C)ccc1OCc1ccccc1. The van der Waals surface area contributed by atoms with Crippen LogP contribution in [0.2, 0.25) is 0 Å². The number of ether oxygens (including phenoxy) is 1. The molecule has 2 unspecified atom stereocenters. The second kappa shape index (κ2) is 10.9. The van der Waals surface area contributed by atoms with E-state index >= 15 is 0 Å². The van der Waals surface area contributed by atoms with Gasteiger partial charge in [-0.3, -0.25) is 0 Å². The molecule has 0 fully saturated rings. The van der Waals surface area contributed by atoms with Gasteiger partial charge in [0.15, 0.2) is 0 Å². The second-order valence-corrected chi connectivity index (χ2v) is 10.3. The standard InChI is InChI=1S/C28H36NOP/c1-6-28(5,31-27-22(4)12-11-15-24(27)19-29-7-2)25-18-21(3)16-17-26(25)30-20-23-13-9-8-10-14-23/h8-18,29,31H,6-7,19-20H2,1-5H3. The Balaban J connectivity index is 1.95. The number of hydrogen-bond acceptors (Lipinski definition) is 2. The molecule has 164 valence electrons. The van der Waals surface area contributed by atoms with E-state index in [4.69, 9.17) is 4.74 Å². The molecular formula is C28H36NOP. The molecule has 1 N–H and O–H groups in total. The Kier molecular flexibility index (Phi) is 8.29. The van der Waals surface area contributed by atoms with E-state index in [1.807, 2.05) is 6.07 Å². The number of hydrogen-bond donors (Lipinski definition) is 1. The molecule has 0 saturated carbocycles. The molecule has 0 bridgehead atoms. The Morgan fingerprint density at radius 2 is 1.71 bits per heavy atom. The maximum absolute atomic E-state index is 6.38. The highest BCUT2D eigenvalue weighted by molar-refractivity contribution is 7.48. The van der Waals surface area contributed by atoms with Gasteiger partial charge in [0.05, 0.1) is 0 Å². The molecule has 0 spiro atoms. The van der Waals surface area contributed by atoms with Gasteiger partial charge in [0.2, 0.25) is 0 Å². The Morgan fingerprint density at radius 3 is 2.42 bits per heavy atom. The molecule has 2 atom stereocenters. The van der Waals surface area contributed by atoms with Gasteiger partial charge < -0.3 is 10.1 Å². The number of aryl methyl sites for hydroxylation is 2. The van der Waals surface area contributed by atoms with Gasteiger partial charge in [0.25, 0.3) is 0 Å². The van der Waals surface area contributed by atoms with Gasteiger partial charge in [-0.15, -0.1) is 0 Å². The maximum atomic E-state index is 6.38. The summed E-state index contributed by atoms with van der Waals surface area (Å²) < 4.78 is 6.38. The van der Waals surface area contributed by atoms with E-state index in [9.17, 15) is 0 Å². The van der Waals surface area contributed by atoms with E-state index in [2.05, 4.69) is 101 Å². The molecular weight excluding hydrogens is 397 g/mol. The molecule has 31 heavy (non-hydrogen) atoms. The van der Waals surface area contributed by atoms with Gasteiger partial charge in [0, 0.05) is 17.3 Å². The van der Waals surface area contributed by atoms with Crippen LogP contribution in [-0.2, 0) is 18.3 Å². The summed E-state index contributed by atoms with van der Waals surface area (Å²) in [5.41, 5.74) is 6.60. The van der Waals surface area contributed by atoms with Crippen molar-refractivity contribution in [3.63, 3.8) is 0 Å². The lowest BCUT2D eigenvalue weighted by Gasteiger charge is -2.33. The zero-order chi connectivity index (χ0) is 22.3. The quantitative estimate of drug-likeness (QED) is 0.363. The predicted molar refractivity (Wildman–Crippen MR) is 136 cm³/mol. The molecule has 3 rings (SSSR count). The Hall–Kier alpha value is -2.15. The minimum atomic E-state index is 0.0190. The molecule has 3 aromatic rings. The summed E-state index contributed by atoms with van der Waals surface area (Å²) in [6.07, 6.45) is 1.06. The molecule has 0 aliphatic rings. The molecule has 3 heteroatoms. The maximum Gasteiger partial charge on any atom is 0.123 e. The first-order chi connectivity index (χ1) is 15.0. The molecule has 0 saturated heterocycles. The van der Waals surface area contributed by atoms with Gasteiger partial charge in [-0.25, -0.2) is 0 Å². The van der Waals surface area contributed by atoms with Gasteiger partial charge in [-0.1, -0.05) is 95.6 Å². The van der Waals surface area contributed by atoms with Crippen molar-refractivity contribution in [2.24, 2.45) is 0 Å². The highest BCUT2D eigenvalue weighted by Crippen LogP contribution is 2.48. The number of nitrogens with one attached hydrogen (secondary N) is 1. The minimum Gasteiger partial charge on any atom is -0.489 e. The Labute approximate surface area is 190 Å². The molecule has 0 aromatic heterocycles. The third-order valence-corrected chi connectivity index (χ3v) is 8.14. The zero-order valence-corrected chi connectivity index (χ0v) is 20.6. The van der Waals surface area contributed by atoms with Crippen molar-refractivity contribution in [2.75, 3.05) is 6.54 Å². The zero-order valence-electron chi connectivity index (χ0n) is 19.6. The van der Waals surface area contributed by atoms with Gasteiger partial charge in [0.1, 0.15) is 12.4 Å². The highest BCUT2D eigenvalue weighted by atomic mass is 31.1. The van der Waals surface area contributed by atoms with Crippen LogP contribution in [0.15, 0.2) is 66.7 Å². The summed E-state index contributed by atoms with van der Waals surface area (Å²) in [7, 11) is 0.679. The largest absolute Gasteiger partial charge is 0.489 e. The fraction of sp³-hybridized carbons (Fsp3) is 0.357. The fourth-order valence-electron chi connectivity index (χ4n) is 3.87. The number of benzene rings is 3. The van der Waals surface area contributed by atoms with E-state index in [-0.39, 0.29) is 5.16 Å². The molecule has 0 amide bonds. The van der Waals surface area contributed by atoms with Crippen molar-refractivity contribution < 1.29 is 4.74 Å². The second-order valence-electron chi connectivity index (χ2n) is 8.47. The molecule has 0 aliphatic carbocycles. The van der Waals surface area contributed by atoms with E-state index in [0.717, 1.165) is 25.3 Å². The summed E-state index contributed by atoms with van der Waals surface area (Å²) in [5, 5.41) is 5.02. The van der Waals surface area contributed by atoms with Crippen molar-refractivity contribution in [3.8, 4) is 5.75 Å². The molecule has 2 nitrogen and oxygen atoms in total. The fourth-order valence-corrected chi connectivity index (χ4v) is 5.54. The Morgan fingerprint density at radius 1 is 0.935 bits per heavy atom. The Bertz CT molecular complexity index is 986. The summed E-state index contributed by atoms with van der Waals surface area (Å²) in [5.74, 6) is 1.01. The first-order valence-corrected chi connectivity index (χ1v) is 12.3. The van der Waals surface area contributed by atoms with Crippen molar-refractivity contribution >= 4 is 13.9 Å². The summed E-state index contributed by atoms with van der Waals surface area (Å²) in [6, 6.07) is 23.8. The van der Waals surface area contributed by atoms with Crippen LogP contribution in [0.25, 0.3) is 0 Å². The summed E-state index contributed by atoms with van der Waals surface area (Å²) in [6.45, 7) is 13.8. The first kappa shape index (κ1) is 23.5. The van der Waals surface area contributed by atoms with Crippen LogP contribution in [0, 0.1) is 13.8 Å². The van der Waals surface area contributed by atoms with Crippen molar-refractivity contribution in [2.45, 2.75) is 59.3 Å². The minimum absolute atomic E-state index is 0.0190. The molecule has 3 aromatic carbocycles. The average Bonchev–Trinajstić information content (AvgIpc) is 2.79. The van der Waals surface area contributed by atoms with E-state index < -0.39 is 0 Å². The molecule has 0 radical (unpaired) electrons. The lowest BCUT2D eigenvalue weighted by Crippen LogP contribution is -2.24. The van der Waals surface area contributed by atoms with Gasteiger partial charge in [-0.2, -0.15) is 0 Å². The van der Waals surface area contributed by atoms with Crippen LogP contribution >= 0.6 is 8.58 Å². The smallest absolute Gasteiger partial charge is 0.123 e. The third-order valence-electron chi connectivity index (χ3n) is 6.00. The van der Waals surface area contributed by atoms with Crippen LogP contribution in [0.5, 0.6) is 5.75 Å². The monoisotopic (exact) mass is 433 g/mol. The van der Waals surface area contributed by atoms with Crippen molar-refractivity contribution in [3.05, 3.63) is 94.5 Å². The highest BCUT2D eigenvalue weighted by Gasteiger charge is 2.30. The first-order valence-electron chi connectivity index (χ1n) is 11.3. The third kappa shape index (κ3) is 5.97. The van der Waals surface area contributed by atoms with Crippen LogP contribution in [0.1, 0.15) is 55.0 Å². The lowest BCUT2D eigenvalue weighted by molar-refractivity contribution is 0.299. The van der Waals surface area contributed by atoms with Gasteiger partial charge in [-0.05, 0) is 54.9 Å². The molecule has 0 aliphatic heterocycles. The summed E-state index contributed by atoms with van der Waals surface area (Å²) >= 11 is 0. The average molecular weight is 434 g/mol. The summed E-state index contributed by atoms with van der Waals surface area (Å²) in [4.78, 5) is 0. The van der Waals surface area contributed by atoms with E-state index in [1.54, 1.807) is 0 Å². The van der Waals surface area contributed by atoms with Gasteiger partial charge >= 0.3 is 0 Å². The topological polar surface area (TPSA) is 21.3 Å². The van der Waals surface area contributed by atoms with Crippen molar-refractivity contribution in [1.29, 1.82) is 0 Å². The van der Waals surface area contributed by atoms with E-state index in [0.29, 0.717) is 15.2 Å². The number of rotatable bonds is 10.